The fraction of sp³-hybridized carbons (Fsp3) is 0.357. The van der Waals surface area contributed by atoms with Crippen LogP contribution in [0.15, 0.2) is 12.1 Å². The molecule has 0 spiro atoms. The zero-order chi connectivity index (χ0) is 12.8. The minimum absolute atomic E-state index is 0.0459. The summed E-state index contributed by atoms with van der Waals surface area (Å²) in [5, 5.41) is 0. The van der Waals surface area contributed by atoms with Crippen LogP contribution in [0.4, 0.5) is 0 Å². The zero-order valence-corrected chi connectivity index (χ0v) is 10.4. The van der Waals surface area contributed by atoms with E-state index in [0.29, 0.717) is 35.8 Å². The Balaban J connectivity index is 3.35. The van der Waals surface area contributed by atoms with E-state index in [4.69, 9.17) is 15.9 Å². The molecule has 17 heavy (non-hydrogen) atoms. The van der Waals surface area contributed by atoms with Gasteiger partial charge in [0.1, 0.15) is 17.1 Å². The normalized spacial score (nSPS) is 9.53. The number of hydrogen-bond acceptors (Lipinski definition) is 3. The van der Waals surface area contributed by atoms with Crippen molar-refractivity contribution in [1.29, 1.82) is 0 Å². The molecule has 0 heterocycles. The van der Waals surface area contributed by atoms with Gasteiger partial charge in [0.25, 0.3) is 0 Å². The number of carbonyl (C=O) groups is 1. The van der Waals surface area contributed by atoms with E-state index in [1.165, 1.54) is 6.92 Å². The molecule has 0 saturated carbocycles. The van der Waals surface area contributed by atoms with E-state index in [-0.39, 0.29) is 5.78 Å². The lowest BCUT2D eigenvalue weighted by Gasteiger charge is -2.13. The molecular formula is C14H16O3. The molecule has 0 atom stereocenters. The summed E-state index contributed by atoms with van der Waals surface area (Å²) in [6, 6.07) is 3.31. The molecule has 3 heteroatoms. The molecule has 0 saturated heterocycles. The average molecular weight is 232 g/mol. The first-order valence-corrected chi connectivity index (χ1v) is 5.55. The standard InChI is InChI=1S/C14H16O3/c1-5-12-13(16-6-2)8-11(10(4)15)9-14(12)17-7-3/h1,8-9H,6-7H2,2-4H3. The Kier molecular flexibility index (Phi) is 4.59. The quantitative estimate of drug-likeness (QED) is 0.578. The Morgan fingerprint density at radius 2 is 1.71 bits per heavy atom. The molecule has 3 nitrogen and oxygen atoms in total. The molecule has 0 unspecified atom stereocenters. The molecule has 90 valence electrons. The summed E-state index contributed by atoms with van der Waals surface area (Å²) in [6.07, 6.45) is 5.44. The second kappa shape index (κ2) is 5.95. The molecule has 0 radical (unpaired) electrons. The van der Waals surface area contributed by atoms with Crippen LogP contribution in [0.25, 0.3) is 0 Å². The predicted octanol–water partition coefficient (Wildman–Crippen LogP) is 2.67. The Labute approximate surface area is 102 Å². The number of ketones is 1. The van der Waals surface area contributed by atoms with Crippen molar-refractivity contribution in [3.05, 3.63) is 23.3 Å². The lowest BCUT2D eigenvalue weighted by atomic mass is 10.1. The van der Waals surface area contributed by atoms with Crippen LogP contribution in [0.1, 0.15) is 36.7 Å². The fourth-order valence-electron chi connectivity index (χ4n) is 1.47. The summed E-state index contributed by atoms with van der Waals surface area (Å²) < 4.78 is 10.9. The summed E-state index contributed by atoms with van der Waals surface area (Å²) in [6.45, 7) is 6.20. The van der Waals surface area contributed by atoms with Crippen molar-refractivity contribution < 1.29 is 14.3 Å². The smallest absolute Gasteiger partial charge is 0.160 e. The van der Waals surface area contributed by atoms with Gasteiger partial charge in [0.2, 0.25) is 0 Å². The lowest BCUT2D eigenvalue weighted by molar-refractivity contribution is 0.101. The Morgan fingerprint density at radius 1 is 1.24 bits per heavy atom. The van der Waals surface area contributed by atoms with E-state index in [1.54, 1.807) is 12.1 Å². The molecule has 0 aliphatic rings. The Bertz CT molecular complexity index is 428. The third-order valence-corrected chi connectivity index (χ3v) is 2.22. The van der Waals surface area contributed by atoms with Gasteiger partial charge in [-0.1, -0.05) is 5.92 Å². The van der Waals surface area contributed by atoms with Gasteiger partial charge in [-0.25, -0.2) is 0 Å². The fourth-order valence-corrected chi connectivity index (χ4v) is 1.47. The average Bonchev–Trinajstić information content (AvgIpc) is 2.29. The summed E-state index contributed by atoms with van der Waals surface area (Å²) in [7, 11) is 0. The van der Waals surface area contributed by atoms with Crippen LogP contribution < -0.4 is 9.47 Å². The topological polar surface area (TPSA) is 35.5 Å². The van der Waals surface area contributed by atoms with E-state index < -0.39 is 0 Å². The van der Waals surface area contributed by atoms with Crippen LogP contribution in [0.2, 0.25) is 0 Å². The maximum Gasteiger partial charge on any atom is 0.160 e. The number of benzene rings is 1. The first-order chi connectivity index (χ1) is 8.13. The minimum Gasteiger partial charge on any atom is -0.492 e. The first-order valence-electron chi connectivity index (χ1n) is 5.55. The molecule has 0 N–H and O–H groups in total. The Hall–Kier alpha value is -1.95. The summed E-state index contributed by atoms with van der Waals surface area (Å²) in [5.41, 5.74) is 1.09. The van der Waals surface area contributed by atoms with E-state index in [1.807, 2.05) is 13.8 Å². The van der Waals surface area contributed by atoms with Crippen LogP contribution in [0, 0.1) is 12.3 Å². The van der Waals surface area contributed by atoms with Gasteiger partial charge >= 0.3 is 0 Å². The molecule has 0 aliphatic heterocycles. The van der Waals surface area contributed by atoms with Crippen LogP contribution >= 0.6 is 0 Å². The van der Waals surface area contributed by atoms with E-state index in [0.717, 1.165) is 0 Å². The van der Waals surface area contributed by atoms with E-state index >= 15 is 0 Å². The predicted molar refractivity (Wildman–Crippen MR) is 66.7 cm³/mol. The number of Topliss-reactive ketones (excluding diaryl/α,β-unsaturated/α-hetero) is 1. The number of terminal acetylenes is 1. The highest BCUT2D eigenvalue weighted by atomic mass is 16.5. The van der Waals surface area contributed by atoms with Gasteiger partial charge in [-0.15, -0.1) is 6.42 Å². The van der Waals surface area contributed by atoms with Gasteiger partial charge < -0.3 is 9.47 Å². The maximum absolute atomic E-state index is 11.4. The minimum atomic E-state index is -0.0459. The lowest BCUT2D eigenvalue weighted by Crippen LogP contribution is -2.03. The summed E-state index contributed by atoms with van der Waals surface area (Å²) >= 11 is 0. The number of hydrogen-bond donors (Lipinski definition) is 0. The summed E-state index contributed by atoms with van der Waals surface area (Å²) in [4.78, 5) is 11.4. The SMILES string of the molecule is C#Cc1c(OCC)cc(C(C)=O)cc1OCC. The molecule has 0 bridgehead atoms. The monoisotopic (exact) mass is 232 g/mol. The zero-order valence-electron chi connectivity index (χ0n) is 10.4. The molecule has 1 aromatic carbocycles. The third-order valence-electron chi connectivity index (χ3n) is 2.22. The number of rotatable bonds is 5. The maximum atomic E-state index is 11.4. The van der Waals surface area contributed by atoms with Crippen molar-refractivity contribution in [2.75, 3.05) is 13.2 Å². The Morgan fingerprint density at radius 3 is 2.00 bits per heavy atom. The third kappa shape index (κ3) is 3.01. The molecular weight excluding hydrogens is 216 g/mol. The highest BCUT2D eigenvalue weighted by Crippen LogP contribution is 2.30. The molecule has 0 aliphatic carbocycles. The van der Waals surface area contributed by atoms with Gasteiger partial charge in [0, 0.05) is 5.56 Å². The number of ether oxygens (including phenoxy) is 2. The van der Waals surface area contributed by atoms with Gasteiger partial charge in [0.15, 0.2) is 5.78 Å². The molecule has 0 fully saturated rings. The van der Waals surface area contributed by atoms with Crippen molar-refractivity contribution in [2.24, 2.45) is 0 Å². The van der Waals surface area contributed by atoms with Gasteiger partial charge in [-0.3, -0.25) is 4.79 Å². The highest BCUT2D eigenvalue weighted by molar-refractivity contribution is 5.95. The molecule has 1 aromatic rings. The molecule has 1 rings (SSSR count). The van der Waals surface area contributed by atoms with Crippen molar-refractivity contribution in [3.63, 3.8) is 0 Å². The first kappa shape index (κ1) is 13.1. The van der Waals surface area contributed by atoms with Crippen molar-refractivity contribution >= 4 is 5.78 Å². The van der Waals surface area contributed by atoms with Gasteiger partial charge in [-0.05, 0) is 32.9 Å². The van der Waals surface area contributed by atoms with Gasteiger partial charge in [0.05, 0.1) is 13.2 Å². The number of carbonyl (C=O) groups excluding carboxylic acids is 1. The molecule has 0 amide bonds. The molecule has 0 aromatic heterocycles. The highest BCUT2D eigenvalue weighted by Gasteiger charge is 2.13. The van der Waals surface area contributed by atoms with Crippen molar-refractivity contribution in [2.45, 2.75) is 20.8 Å². The largest absolute Gasteiger partial charge is 0.492 e. The van der Waals surface area contributed by atoms with Crippen molar-refractivity contribution in [3.8, 4) is 23.8 Å². The van der Waals surface area contributed by atoms with E-state index in [9.17, 15) is 4.79 Å². The van der Waals surface area contributed by atoms with Crippen LogP contribution in [-0.2, 0) is 0 Å². The van der Waals surface area contributed by atoms with Crippen molar-refractivity contribution in [1.82, 2.24) is 0 Å². The van der Waals surface area contributed by atoms with Crippen LogP contribution in [0.3, 0.4) is 0 Å². The van der Waals surface area contributed by atoms with E-state index in [2.05, 4.69) is 5.92 Å². The second-order valence-electron chi connectivity index (χ2n) is 3.41. The summed E-state index contributed by atoms with van der Waals surface area (Å²) in [5.74, 6) is 3.53. The van der Waals surface area contributed by atoms with Crippen LogP contribution in [0.5, 0.6) is 11.5 Å². The van der Waals surface area contributed by atoms with Crippen LogP contribution in [-0.4, -0.2) is 19.0 Å². The van der Waals surface area contributed by atoms with Gasteiger partial charge in [-0.2, -0.15) is 0 Å². The second-order valence-corrected chi connectivity index (χ2v) is 3.41.